The first-order valence-electron chi connectivity index (χ1n) is 5.54. The number of aromatic nitrogens is 2. The van der Waals surface area contributed by atoms with E-state index in [4.69, 9.17) is 0 Å². The van der Waals surface area contributed by atoms with Crippen molar-refractivity contribution in [1.82, 2.24) is 9.55 Å². The first-order valence-corrected chi connectivity index (χ1v) is 5.54. The highest BCUT2D eigenvalue weighted by Gasteiger charge is 2.12. The molecule has 2 aromatic rings. The van der Waals surface area contributed by atoms with Crippen LogP contribution in [0.5, 0.6) is 0 Å². The summed E-state index contributed by atoms with van der Waals surface area (Å²) in [4.78, 5) is 4.34. The van der Waals surface area contributed by atoms with Crippen LogP contribution in [0.4, 0.5) is 0 Å². The molecule has 0 aliphatic carbocycles. The van der Waals surface area contributed by atoms with Gasteiger partial charge in [-0.3, -0.25) is 4.98 Å². The minimum Gasteiger partial charge on any atom is -0.349 e. The molecule has 0 aliphatic heterocycles. The molecule has 0 aliphatic rings. The fourth-order valence-corrected chi connectivity index (χ4v) is 2.18. The van der Waals surface area contributed by atoms with Crippen molar-refractivity contribution in [2.75, 3.05) is 0 Å². The Kier molecular flexibility index (Phi) is 2.51. The van der Waals surface area contributed by atoms with Gasteiger partial charge in [0, 0.05) is 24.8 Å². The highest BCUT2D eigenvalue weighted by Crippen LogP contribution is 2.29. The maximum atomic E-state index is 4.34. The summed E-state index contributed by atoms with van der Waals surface area (Å²) in [6.45, 7) is 6.67. The van der Waals surface area contributed by atoms with E-state index in [2.05, 4.69) is 43.6 Å². The summed E-state index contributed by atoms with van der Waals surface area (Å²) in [5.41, 5.74) is 3.98. The lowest BCUT2D eigenvalue weighted by atomic mass is 9.96. The largest absolute Gasteiger partial charge is 0.349 e. The third-order valence-electron chi connectivity index (χ3n) is 3.26. The lowest BCUT2D eigenvalue weighted by molar-refractivity contribution is 0.736. The van der Waals surface area contributed by atoms with E-state index in [1.807, 2.05) is 12.4 Å². The van der Waals surface area contributed by atoms with Crippen molar-refractivity contribution in [3.05, 3.63) is 29.7 Å². The highest BCUT2D eigenvalue weighted by molar-refractivity contribution is 5.86. The van der Waals surface area contributed by atoms with Crippen molar-refractivity contribution in [3.8, 4) is 0 Å². The van der Waals surface area contributed by atoms with E-state index in [9.17, 15) is 0 Å². The zero-order chi connectivity index (χ0) is 11.0. The molecule has 2 rings (SSSR count). The Morgan fingerprint density at radius 2 is 2.13 bits per heavy atom. The van der Waals surface area contributed by atoms with Gasteiger partial charge < -0.3 is 4.57 Å². The van der Waals surface area contributed by atoms with Crippen LogP contribution in [0.25, 0.3) is 10.9 Å². The summed E-state index contributed by atoms with van der Waals surface area (Å²) in [6.07, 6.45) is 7.31. The number of pyridine rings is 1. The Labute approximate surface area is 90.9 Å². The standard InChI is InChI=1S/C13H18N2/c1-5-9(2)11-6-14-7-12-13(11)10(3)8-15(12)4/h6-9H,5H2,1-4H3. The molecule has 0 fully saturated rings. The molecule has 1 unspecified atom stereocenters. The molecular formula is C13H18N2. The molecule has 0 spiro atoms. The van der Waals surface area contributed by atoms with Crippen molar-refractivity contribution in [3.63, 3.8) is 0 Å². The maximum absolute atomic E-state index is 4.34. The van der Waals surface area contributed by atoms with Crippen LogP contribution in [0.15, 0.2) is 18.6 Å². The average Bonchev–Trinajstić information content (AvgIpc) is 2.54. The number of aryl methyl sites for hydroxylation is 2. The Balaban J connectivity index is 2.75. The molecule has 15 heavy (non-hydrogen) atoms. The lowest BCUT2D eigenvalue weighted by Gasteiger charge is -2.10. The SMILES string of the molecule is CCC(C)c1cncc2c1c(C)cn2C. The predicted octanol–water partition coefficient (Wildman–Crippen LogP) is 3.40. The van der Waals surface area contributed by atoms with E-state index >= 15 is 0 Å². The molecule has 2 heterocycles. The molecular weight excluding hydrogens is 184 g/mol. The molecule has 2 nitrogen and oxygen atoms in total. The number of hydrogen-bond donors (Lipinski definition) is 0. The molecule has 0 aromatic carbocycles. The van der Waals surface area contributed by atoms with Crippen LogP contribution in [-0.4, -0.2) is 9.55 Å². The number of hydrogen-bond acceptors (Lipinski definition) is 1. The number of fused-ring (bicyclic) bond motifs is 1. The second kappa shape index (κ2) is 3.69. The second-order valence-corrected chi connectivity index (χ2v) is 4.36. The fraction of sp³-hybridized carbons (Fsp3) is 0.462. The molecule has 2 aromatic heterocycles. The van der Waals surface area contributed by atoms with Crippen LogP contribution in [0.2, 0.25) is 0 Å². The first-order chi connectivity index (χ1) is 7.15. The zero-order valence-electron chi connectivity index (χ0n) is 9.91. The van der Waals surface area contributed by atoms with Crippen LogP contribution in [-0.2, 0) is 7.05 Å². The molecule has 0 saturated carbocycles. The van der Waals surface area contributed by atoms with E-state index in [0.29, 0.717) is 5.92 Å². The van der Waals surface area contributed by atoms with Gasteiger partial charge >= 0.3 is 0 Å². The molecule has 0 amide bonds. The summed E-state index contributed by atoms with van der Waals surface area (Å²) in [6, 6.07) is 0. The lowest BCUT2D eigenvalue weighted by Crippen LogP contribution is -1.95. The van der Waals surface area contributed by atoms with Gasteiger partial charge in [0.25, 0.3) is 0 Å². The fourth-order valence-electron chi connectivity index (χ4n) is 2.18. The number of nitrogens with zero attached hydrogens (tertiary/aromatic N) is 2. The summed E-state index contributed by atoms with van der Waals surface area (Å²) in [5, 5.41) is 1.39. The molecule has 0 N–H and O–H groups in total. The van der Waals surface area contributed by atoms with E-state index in [1.54, 1.807) is 0 Å². The maximum Gasteiger partial charge on any atom is 0.0669 e. The Bertz CT molecular complexity index is 482. The smallest absolute Gasteiger partial charge is 0.0669 e. The van der Waals surface area contributed by atoms with E-state index in [0.717, 1.165) is 6.42 Å². The van der Waals surface area contributed by atoms with Crippen molar-refractivity contribution >= 4 is 10.9 Å². The molecule has 0 saturated heterocycles. The van der Waals surface area contributed by atoms with Gasteiger partial charge in [-0.25, -0.2) is 0 Å². The van der Waals surface area contributed by atoms with Crippen molar-refractivity contribution in [1.29, 1.82) is 0 Å². The Morgan fingerprint density at radius 1 is 1.40 bits per heavy atom. The van der Waals surface area contributed by atoms with Gasteiger partial charge in [-0.2, -0.15) is 0 Å². The molecule has 2 heteroatoms. The third kappa shape index (κ3) is 1.54. The monoisotopic (exact) mass is 202 g/mol. The van der Waals surface area contributed by atoms with Crippen molar-refractivity contribution in [2.45, 2.75) is 33.1 Å². The van der Waals surface area contributed by atoms with Gasteiger partial charge in [0.1, 0.15) is 0 Å². The van der Waals surface area contributed by atoms with Crippen LogP contribution in [0.3, 0.4) is 0 Å². The van der Waals surface area contributed by atoms with E-state index in [1.165, 1.54) is 22.0 Å². The second-order valence-electron chi connectivity index (χ2n) is 4.36. The average molecular weight is 202 g/mol. The zero-order valence-corrected chi connectivity index (χ0v) is 9.91. The topological polar surface area (TPSA) is 17.8 Å². The van der Waals surface area contributed by atoms with Gasteiger partial charge in [-0.05, 0) is 30.4 Å². The van der Waals surface area contributed by atoms with Gasteiger partial charge in [-0.1, -0.05) is 13.8 Å². The highest BCUT2D eigenvalue weighted by atomic mass is 14.9. The summed E-state index contributed by atoms with van der Waals surface area (Å²) < 4.78 is 2.16. The summed E-state index contributed by atoms with van der Waals surface area (Å²) in [5.74, 6) is 0.585. The minimum absolute atomic E-state index is 0.585. The van der Waals surface area contributed by atoms with Crippen LogP contribution in [0.1, 0.15) is 37.3 Å². The molecule has 0 radical (unpaired) electrons. The van der Waals surface area contributed by atoms with Crippen LogP contribution < -0.4 is 0 Å². The van der Waals surface area contributed by atoms with Crippen molar-refractivity contribution < 1.29 is 0 Å². The van der Waals surface area contributed by atoms with Crippen LogP contribution in [0, 0.1) is 6.92 Å². The van der Waals surface area contributed by atoms with E-state index < -0.39 is 0 Å². The van der Waals surface area contributed by atoms with Crippen LogP contribution >= 0.6 is 0 Å². The normalized spacial score (nSPS) is 13.3. The summed E-state index contributed by atoms with van der Waals surface area (Å²) in [7, 11) is 2.08. The molecule has 0 bridgehead atoms. The summed E-state index contributed by atoms with van der Waals surface area (Å²) >= 11 is 0. The van der Waals surface area contributed by atoms with Crippen molar-refractivity contribution in [2.24, 2.45) is 7.05 Å². The third-order valence-corrected chi connectivity index (χ3v) is 3.26. The first kappa shape index (κ1) is 10.2. The van der Waals surface area contributed by atoms with E-state index in [-0.39, 0.29) is 0 Å². The van der Waals surface area contributed by atoms with Gasteiger partial charge in [-0.15, -0.1) is 0 Å². The Morgan fingerprint density at radius 3 is 2.80 bits per heavy atom. The molecule has 80 valence electrons. The Hall–Kier alpha value is -1.31. The van der Waals surface area contributed by atoms with Gasteiger partial charge in [0.05, 0.1) is 11.7 Å². The quantitative estimate of drug-likeness (QED) is 0.729. The number of rotatable bonds is 2. The van der Waals surface area contributed by atoms with Gasteiger partial charge in [0.15, 0.2) is 0 Å². The van der Waals surface area contributed by atoms with Gasteiger partial charge in [0.2, 0.25) is 0 Å². The molecule has 1 atom stereocenters. The predicted molar refractivity (Wildman–Crippen MR) is 64.2 cm³/mol. The minimum atomic E-state index is 0.585.